The summed E-state index contributed by atoms with van der Waals surface area (Å²) in [6, 6.07) is 15.4. The van der Waals surface area contributed by atoms with Crippen molar-refractivity contribution < 1.29 is 19.0 Å². The summed E-state index contributed by atoms with van der Waals surface area (Å²) < 4.78 is 16.8. The quantitative estimate of drug-likeness (QED) is 0.535. The summed E-state index contributed by atoms with van der Waals surface area (Å²) in [5, 5.41) is 7.88. The van der Waals surface area contributed by atoms with Gasteiger partial charge in [-0.3, -0.25) is 10.2 Å². The molecule has 0 unspecified atom stereocenters. The second kappa shape index (κ2) is 11.3. The maximum Gasteiger partial charge on any atom is 0.324 e. The monoisotopic (exact) mass is 478 g/mol. The first-order valence-electron chi connectivity index (χ1n) is 11.9. The Morgan fingerprint density at radius 1 is 0.886 bits per heavy atom. The molecule has 2 N–H and O–H groups in total. The lowest BCUT2D eigenvalue weighted by molar-refractivity contribution is 0.0317. The lowest BCUT2D eigenvalue weighted by Crippen LogP contribution is -2.39. The van der Waals surface area contributed by atoms with Crippen LogP contribution in [0.1, 0.15) is 0 Å². The number of nitrogens with zero attached hydrogens (tertiary/aromatic N) is 4. The molecule has 10 heteroatoms. The number of nitrogens with one attached hydrogen (secondary N) is 2. The number of hydrogen-bond acceptors (Lipinski definition) is 8. The van der Waals surface area contributed by atoms with Crippen molar-refractivity contribution in [1.29, 1.82) is 0 Å². The van der Waals surface area contributed by atoms with Crippen molar-refractivity contribution in [1.82, 2.24) is 14.9 Å². The average molecular weight is 479 g/mol. The molecule has 5 rings (SSSR count). The fourth-order valence-corrected chi connectivity index (χ4v) is 4.13. The topological polar surface area (TPSA) is 101 Å². The zero-order valence-electron chi connectivity index (χ0n) is 19.6. The second-order valence-corrected chi connectivity index (χ2v) is 8.44. The summed E-state index contributed by atoms with van der Waals surface area (Å²) in [6.07, 6.45) is 0. The average Bonchev–Trinajstić information content (AvgIpc) is 2.89. The Balaban J connectivity index is 1.27. The first-order chi connectivity index (χ1) is 17.2. The first-order valence-corrected chi connectivity index (χ1v) is 11.9. The number of ether oxygens (including phenoxy) is 3. The van der Waals surface area contributed by atoms with E-state index in [0.29, 0.717) is 50.2 Å². The van der Waals surface area contributed by atoms with E-state index in [9.17, 15) is 4.79 Å². The molecular formula is C25H30N6O4. The van der Waals surface area contributed by atoms with E-state index in [1.165, 1.54) is 0 Å². The van der Waals surface area contributed by atoms with Gasteiger partial charge in [0, 0.05) is 44.5 Å². The van der Waals surface area contributed by atoms with Gasteiger partial charge in [-0.25, -0.2) is 4.79 Å². The highest BCUT2D eigenvalue weighted by Gasteiger charge is 2.17. The fourth-order valence-electron chi connectivity index (χ4n) is 4.13. The van der Waals surface area contributed by atoms with Gasteiger partial charge in [0.05, 0.1) is 26.4 Å². The molecule has 0 radical (unpaired) electrons. The van der Waals surface area contributed by atoms with Crippen LogP contribution in [0.25, 0.3) is 10.8 Å². The molecule has 2 aromatic carbocycles. The van der Waals surface area contributed by atoms with Gasteiger partial charge in [0.25, 0.3) is 0 Å². The van der Waals surface area contributed by atoms with Crippen LogP contribution < -0.4 is 20.3 Å². The fraction of sp³-hybridized carbons (Fsp3) is 0.400. The Labute approximate surface area is 204 Å². The van der Waals surface area contributed by atoms with Gasteiger partial charge in [-0.2, -0.15) is 9.97 Å². The van der Waals surface area contributed by atoms with E-state index in [4.69, 9.17) is 14.2 Å². The minimum atomic E-state index is -0.383. The SMILES string of the molecule is O=C(Nc1ccc2ccccc2c1)Nc1cc(N2CCOCC2)nc(OCCN2CCOCC2)n1. The molecule has 0 bridgehead atoms. The van der Waals surface area contributed by atoms with Crippen LogP contribution in [-0.2, 0) is 9.47 Å². The Morgan fingerprint density at radius 3 is 2.43 bits per heavy atom. The Kier molecular flexibility index (Phi) is 7.52. The number of fused-ring (bicyclic) bond motifs is 1. The van der Waals surface area contributed by atoms with Crippen LogP contribution in [0, 0.1) is 0 Å². The molecule has 2 fully saturated rings. The summed E-state index contributed by atoms with van der Waals surface area (Å²) >= 11 is 0. The van der Waals surface area contributed by atoms with Gasteiger partial charge in [-0.15, -0.1) is 0 Å². The number of anilines is 3. The lowest BCUT2D eigenvalue weighted by atomic mass is 10.1. The van der Waals surface area contributed by atoms with E-state index in [-0.39, 0.29) is 12.0 Å². The van der Waals surface area contributed by atoms with Gasteiger partial charge in [-0.05, 0) is 22.9 Å². The van der Waals surface area contributed by atoms with E-state index in [0.717, 1.165) is 43.6 Å². The minimum absolute atomic E-state index is 0.239. The van der Waals surface area contributed by atoms with Gasteiger partial charge in [0.1, 0.15) is 18.2 Å². The Hall–Kier alpha value is -3.47. The number of aromatic nitrogens is 2. The van der Waals surface area contributed by atoms with E-state index in [2.05, 4.69) is 30.4 Å². The molecule has 184 valence electrons. The number of morpholine rings is 2. The summed E-state index contributed by atoms with van der Waals surface area (Å²) in [4.78, 5) is 26.2. The zero-order chi connectivity index (χ0) is 23.9. The van der Waals surface area contributed by atoms with E-state index < -0.39 is 0 Å². The van der Waals surface area contributed by atoms with Crippen molar-refractivity contribution in [3.05, 3.63) is 48.5 Å². The van der Waals surface area contributed by atoms with E-state index >= 15 is 0 Å². The highest BCUT2D eigenvalue weighted by molar-refractivity contribution is 6.00. The van der Waals surface area contributed by atoms with Gasteiger partial charge < -0.3 is 24.4 Å². The summed E-state index contributed by atoms with van der Waals surface area (Å²) in [5.41, 5.74) is 0.700. The maximum absolute atomic E-state index is 12.8. The molecule has 0 aliphatic carbocycles. The van der Waals surface area contributed by atoms with Crippen LogP contribution in [0.5, 0.6) is 6.01 Å². The molecule has 3 heterocycles. The van der Waals surface area contributed by atoms with Gasteiger partial charge in [0.2, 0.25) is 0 Å². The van der Waals surface area contributed by atoms with Crippen molar-refractivity contribution in [2.75, 3.05) is 81.3 Å². The standard InChI is InChI=1S/C25H30N6O4/c32-24(26-21-6-5-19-3-1-2-4-20(19)17-21)27-22-18-23(31-10-14-34-15-11-31)29-25(28-22)35-16-9-30-7-12-33-13-8-30/h1-6,17-18H,7-16H2,(H2,26,27,28,29,32). The third-order valence-corrected chi connectivity index (χ3v) is 6.02. The molecular weight excluding hydrogens is 448 g/mol. The summed E-state index contributed by atoms with van der Waals surface area (Å²) in [6.45, 7) is 7.16. The van der Waals surface area contributed by atoms with Crippen molar-refractivity contribution in [2.45, 2.75) is 0 Å². The molecule has 0 spiro atoms. The smallest absolute Gasteiger partial charge is 0.324 e. The largest absolute Gasteiger partial charge is 0.462 e. The number of amides is 2. The van der Waals surface area contributed by atoms with Gasteiger partial charge in [0.15, 0.2) is 0 Å². The third kappa shape index (κ3) is 6.36. The molecule has 0 atom stereocenters. The molecule has 3 aromatic rings. The Bertz CT molecular complexity index is 1150. The number of carbonyl (C=O) groups excluding carboxylic acids is 1. The lowest BCUT2D eigenvalue weighted by Gasteiger charge is -2.28. The van der Waals surface area contributed by atoms with Crippen LogP contribution >= 0.6 is 0 Å². The summed E-state index contributed by atoms with van der Waals surface area (Å²) in [7, 11) is 0. The van der Waals surface area contributed by atoms with Crippen LogP contribution in [0.15, 0.2) is 48.5 Å². The van der Waals surface area contributed by atoms with Crippen LogP contribution in [0.3, 0.4) is 0 Å². The van der Waals surface area contributed by atoms with Crippen LogP contribution in [0.4, 0.5) is 22.1 Å². The highest BCUT2D eigenvalue weighted by Crippen LogP contribution is 2.22. The molecule has 2 aliphatic rings. The molecule has 1 aromatic heterocycles. The first kappa shape index (κ1) is 23.3. The molecule has 10 nitrogen and oxygen atoms in total. The molecule has 35 heavy (non-hydrogen) atoms. The normalized spacial score (nSPS) is 16.7. The van der Waals surface area contributed by atoms with Crippen LogP contribution in [-0.4, -0.2) is 86.7 Å². The third-order valence-electron chi connectivity index (χ3n) is 6.02. The van der Waals surface area contributed by atoms with Crippen molar-refractivity contribution in [2.24, 2.45) is 0 Å². The number of urea groups is 1. The maximum atomic E-state index is 12.8. The van der Waals surface area contributed by atoms with E-state index in [1.54, 1.807) is 6.07 Å². The number of hydrogen-bond donors (Lipinski definition) is 2. The highest BCUT2D eigenvalue weighted by atomic mass is 16.5. The molecule has 2 aliphatic heterocycles. The molecule has 0 saturated carbocycles. The predicted molar refractivity (Wildman–Crippen MR) is 134 cm³/mol. The molecule has 2 saturated heterocycles. The minimum Gasteiger partial charge on any atom is -0.462 e. The van der Waals surface area contributed by atoms with Gasteiger partial charge in [-0.1, -0.05) is 30.3 Å². The number of benzene rings is 2. The van der Waals surface area contributed by atoms with Crippen molar-refractivity contribution in [3.63, 3.8) is 0 Å². The van der Waals surface area contributed by atoms with Crippen molar-refractivity contribution in [3.8, 4) is 6.01 Å². The zero-order valence-corrected chi connectivity index (χ0v) is 19.6. The number of rotatable bonds is 7. The van der Waals surface area contributed by atoms with Crippen LogP contribution in [0.2, 0.25) is 0 Å². The second-order valence-electron chi connectivity index (χ2n) is 8.44. The molecule has 2 amide bonds. The van der Waals surface area contributed by atoms with E-state index in [1.807, 2.05) is 42.5 Å². The van der Waals surface area contributed by atoms with Gasteiger partial charge >= 0.3 is 12.0 Å². The Morgan fingerprint density at radius 2 is 1.63 bits per heavy atom. The summed E-state index contributed by atoms with van der Waals surface area (Å²) in [5.74, 6) is 1.08. The van der Waals surface area contributed by atoms with Crippen molar-refractivity contribution >= 4 is 34.1 Å². The predicted octanol–water partition coefficient (Wildman–Crippen LogP) is 2.82. The number of carbonyl (C=O) groups is 1.